The summed E-state index contributed by atoms with van der Waals surface area (Å²) in [6.07, 6.45) is 1.40. The molecule has 0 fully saturated rings. The Morgan fingerprint density at radius 2 is 1.87 bits per heavy atom. The van der Waals surface area contributed by atoms with Crippen LogP contribution in [0.1, 0.15) is 5.56 Å². The molecule has 1 heterocycles. The first-order chi connectivity index (χ1) is 7.22. The van der Waals surface area contributed by atoms with E-state index in [1.165, 1.54) is 30.5 Å². The molecule has 15 heavy (non-hydrogen) atoms. The molecule has 0 aliphatic rings. The van der Waals surface area contributed by atoms with Crippen LogP contribution >= 0.6 is 0 Å². The molecular formula is C11H6F2N2. The molecular weight excluding hydrogens is 198 g/mol. The van der Waals surface area contributed by atoms with Crippen molar-refractivity contribution in [1.29, 1.82) is 5.26 Å². The van der Waals surface area contributed by atoms with Gasteiger partial charge in [0.2, 0.25) is 0 Å². The van der Waals surface area contributed by atoms with E-state index in [-0.39, 0.29) is 11.3 Å². The third-order valence-electron chi connectivity index (χ3n) is 2.04. The second-order valence-electron chi connectivity index (χ2n) is 3.01. The summed E-state index contributed by atoms with van der Waals surface area (Å²) in [6.45, 7) is 0. The van der Waals surface area contributed by atoms with Gasteiger partial charge in [0, 0.05) is 6.20 Å². The lowest BCUT2D eigenvalue weighted by atomic mass is 10.1. The first-order valence-electron chi connectivity index (χ1n) is 4.25. The van der Waals surface area contributed by atoms with Crippen LogP contribution < -0.4 is 0 Å². The number of aromatic nitrogens is 1. The number of nitriles is 1. The highest BCUT2D eigenvalue weighted by Gasteiger charge is 2.12. The van der Waals surface area contributed by atoms with Crippen molar-refractivity contribution in [3.05, 3.63) is 47.7 Å². The quantitative estimate of drug-likeness (QED) is 0.762. The minimum Gasteiger partial charge on any atom is -0.360 e. The van der Waals surface area contributed by atoms with E-state index >= 15 is 0 Å². The second kappa shape index (κ2) is 3.54. The number of H-pyrrole nitrogens is 1. The zero-order chi connectivity index (χ0) is 10.8. The molecule has 1 N–H and O–H groups in total. The monoisotopic (exact) mass is 204 g/mol. The maximum Gasteiger partial charge on any atom is 0.135 e. The standard InChI is InChI=1S/C11H6F2N2/c12-8-2-1-3-9(13)11(8)10-4-7(5-14)6-15-10/h1-4,6,15H. The summed E-state index contributed by atoms with van der Waals surface area (Å²) in [6, 6.07) is 6.92. The highest BCUT2D eigenvalue weighted by atomic mass is 19.1. The number of nitrogens with zero attached hydrogens (tertiary/aromatic N) is 1. The smallest absolute Gasteiger partial charge is 0.135 e. The Bertz CT molecular complexity index is 518. The predicted octanol–water partition coefficient (Wildman–Crippen LogP) is 2.83. The Hall–Kier alpha value is -2.15. The van der Waals surface area contributed by atoms with E-state index in [1.807, 2.05) is 6.07 Å². The van der Waals surface area contributed by atoms with Crippen LogP contribution in [0.4, 0.5) is 8.78 Å². The van der Waals surface area contributed by atoms with E-state index in [9.17, 15) is 8.78 Å². The summed E-state index contributed by atoms with van der Waals surface area (Å²) < 4.78 is 26.6. The number of rotatable bonds is 1. The topological polar surface area (TPSA) is 39.6 Å². The molecule has 0 unspecified atom stereocenters. The molecule has 2 rings (SSSR count). The van der Waals surface area contributed by atoms with Gasteiger partial charge in [-0.2, -0.15) is 5.26 Å². The molecule has 1 aromatic carbocycles. The minimum atomic E-state index is -0.652. The normalized spacial score (nSPS) is 9.93. The average molecular weight is 204 g/mol. The van der Waals surface area contributed by atoms with Crippen molar-refractivity contribution >= 4 is 0 Å². The van der Waals surface area contributed by atoms with Crippen molar-refractivity contribution in [2.75, 3.05) is 0 Å². The average Bonchev–Trinajstić information content (AvgIpc) is 2.66. The number of nitrogens with one attached hydrogen (secondary N) is 1. The molecule has 0 amide bonds. The van der Waals surface area contributed by atoms with E-state index < -0.39 is 11.6 Å². The van der Waals surface area contributed by atoms with Gasteiger partial charge in [-0.3, -0.25) is 0 Å². The van der Waals surface area contributed by atoms with E-state index in [2.05, 4.69) is 4.98 Å². The Morgan fingerprint density at radius 1 is 1.20 bits per heavy atom. The summed E-state index contributed by atoms with van der Waals surface area (Å²) in [5.74, 6) is -1.30. The Labute approximate surface area is 84.8 Å². The number of halogens is 2. The molecule has 74 valence electrons. The van der Waals surface area contributed by atoms with Crippen LogP contribution in [-0.2, 0) is 0 Å². The van der Waals surface area contributed by atoms with Crippen molar-refractivity contribution in [3.8, 4) is 17.3 Å². The molecule has 0 atom stereocenters. The predicted molar refractivity (Wildman–Crippen MR) is 50.9 cm³/mol. The van der Waals surface area contributed by atoms with Gasteiger partial charge >= 0.3 is 0 Å². The van der Waals surface area contributed by atoms with Crippen LogP contribution in [0.15, 0.2) is 30.5 Å². The number of aromatic amines is 1. The lowest BCUT2D eigenvalue weighted by Crippen LogP contribution is -1.88. The van der Waals surface area contributed by atoms with Gasteiger partial charge in [-0.15, -0.1) is 0 Å². The lowest BCUT2D eigenvalue weighted by Gasteiger charge is -2.01. The molecule has 0 spiro atoms. The van der Waals surface area contributed by atoms with Crippen LogP contribution in [0.2, 0.25) is 0 Å². The van der Waals surface area contributed by atoms with Gasteiger partial charge in [0.15, 0.2) is 0 Å². The molecule has 4 heteroatoms. The number of benzene rings is 1. The molecule has 0 bridgehead atoms. The van der Waals surface area contributed by atoms with Gasteiger partial charge in [-0.25, -0.2) is 8.78 Å². The van der Waals surface area contributed by atoms with Crippen LogP contribution in [0.25, 0.3) is 11.3 Å². The molecule has 1 aromatic heterocycles. The number of hydrogen-bond acceptors (Lipinski definition) is 1. The third-order valence-corrected chi connectivity index (χ3v) is 2.04. The van der Waals surface area contributed by atoms with Gasteiger partial charge in [0.1, 0.15) is 17.7 Å². The van der Waals surface area contributed by atoms with Gasteiger partial charge in [-0.1, -0.05) is 6.07 Å². The zero-order valence-corrected chi connectivity index (χ0v) is 7.59. The highest BCUT2D eigenvalue weighted by Crippen LogP contribution is 2.25. The summed E-state index contributed by atoms with van der Waals surface area (Å²) in [4.78, 5) is 2.65. The zero-order valence-electron chi connectivity index (χ0n) is 7.59. The Kier molecular flexibility index (Phi) is 2.22. The van der Waals surface area contributed by atoms with Gasteiger partial charge in [-0.05, 0) is 18.2 Å². The number of hydrogen-bond donors (Lipinski definition) is 1. The van der Waals surface area contributed by atoms with Crippen LogP contribution in [0.5, 0.6) is 0 Å². The van der Waals surface area contributed by atoms with Gasteiger partial charge in [0.05, 0.1) is 16.8 Å². The van der Waals surface area contributed by atoms with Crippen LogP contribution in [0.3, 0.4) is 0 Å². The van der Waals surface area contributed by atoms with Gasteiger partial charge < -0.3 is 4.98 Å². The molecule has 2 nitrogen and oxygen atoms in total. The van der Waals surface area contributed by atoms with Crippen molar-refractivity contribution in [1.82, 2.24) is 4.98 Å². The highest BCUT2D eigenvalue weighted by molar-refractivity contribution is 5.63. The summed E-state index contributed by atoms with van der Waals surface area (Å²) in [5.41, 5.74) is 0.466. The maximum atomic E-state index is 13.3. The van der Waals surface area contributed by atoms with E-state index in [4.69, 9.17) is 5.26 Å². The molecule has 2 aromatic rings. The lowest BCUT2D eigenvalue weighted by molar-refractivity contribution is 0.589. The minimum absolute atomic E-state index is 0.140. The molecule has 0 radical (unpaired) electrons. The van der Waals surface area contributed by atoms with Crippen molar-refractivity contribution in [2.24, 2.45) is 0 Å². The Balaban J connectivity index is 2.59. The fraction of sp³-hybridized carbons (Fsp3) is 0. The fourth-order valence-corrected chi connectivity index (χ4v) is 1.36. The first-order valence-corrected chi connectivity index (χ1v) is 4.25. The molecule has 0 saturated heterocycles. The van der Waals surface area contributed by atoms with Gasteiger partial charge in [0.25, 0.3) is 0 Å². The summed E-state index contributed by atoms with van der Waals surface area (Å²) in [7, 11) is 0. The van der Waals surface area contributed by atoms with E-state index in [0.29, 0.717) is 5.56 Å². The summed E-state index contributed by atoms with van der Waals surface area (Å²) >= 11 is 0. The molecule has 0 saturated carbocycles. The van der Waals surface area contributed by atoms with E-state index in [0.717, 1.165) is 0 Å². The molecule has 0 aliphatic carbocycles. The first kappa shape index (κ1) is 9.41. The molecule has 0 aliphatic heterocycles. The summed E-state index contributed by atoms with van der Waals surface area (Å²) in [5, 5.41) is 8.58. The second-order valence-corrected chi connectivity index (χ2v) is 3.01. The van der Waals surface area contributed by atoms with Crippen molar-refractivity contribution in [2.45, 2.75) is 0 Å². The largest absolute Gasteiger partial charge is 0.360 e. The Morgan fingerprint density at radius 3 is 2.40 bits per heavy atom. The maximum absolute atomic E-state index is 13.3. The fourth-order valence-electron chi connectivity index (χ4n) is 1.36. The SMILES string of the molecule is N#Cc1c[nH]c(-c2c(F)cccc2F)c1. The van der Waals surface area contributed by atoms with Crippen LogP contribution in [-0.4, -0.2) is 4.98 Å². The van der Waals surface area contributed by atoms with Crippen LogP contribution in [0, 0.1) is 23.0 Å². The van der Waals surface area contributed by atoms with Crippen molar-refractivity contribution < 1.29 is 8.78 Å². The van der Waals surface area contributed by atoms with Crippen molar-refractivity contribution in [3.63, 3.8) is 0 Å². The third kappa shape index (κ3) is 1.59. The van der Waals surface area contributed by atoms with E-state index in [1.54, 1.807) is 0 Å².